The largest absolute Gasteiger partial charge is 0.381 e. The molecule has 0 bridgehead atoms. The van der Waals surface area contributed by atoms with Crippen LogP contribution in [0.2, 0.25) is 0 Å². The first-order chi connectivity index (χ1) is 8.24. The molecule has 0 spiro atoms. The molecule has 0 aromatic carbocycles. The van der Waals surface area contributed by atoms with Crippen LogP contribution >= 0.6 is 0 Å². The summed E-state index contributed by atoms with van der Waals surface area (Å²) in [5.41, 5.74) is 1.02. The van der Waals surface area contributed by atoms with E-state index in [2.05, 4.69) is 29.5 Å². The lowest BCUT2D eigenvalue weighted by molar-refractivity contribution is 0.181. The van der Waals surface area contributed by atoms with Gasteiger partial charge in [-0.1, -0.05) is 19.1 Å². The average Bonchev–Trinajstić information content (AvgIpc) is 2.90. The molecule has 1 aromatic rings. The van der Waals surface area contributed by atoms with Crippen LogP contribution in [0.3, 0.4) is 0 Å². The van der Waals surface area contributed by atoms with Crippen molar-refractivity contribution in [3.63, 3.8) is 0 Å². The molecule has 1 saturated heterocycles. The minimum atomic E-state index is 0.605. The van der Waals surface area contributed by atoms with E-state index >= 15 is 0 Å². The molecule has 1 atom stereocenters. The third-order valence-corrected chi connectivity index (χ3v) is 2.91. The first-order valence-corrected chi connectivity index (χ1v) is 6.41. The van der Waals surface area contributed by atoms with Gasteiger partial charge in [0.2, 0.25) is 0 Å². The molecule has 0 saturated carbocycles. The van der Waals surface area contributed by atoms with Gasteiger partial charge >= 0.3 is 0 Å². The van der Waals surface area contributed by atoms with E-state index in [0.29, 0.717) is 11.8 Å². The van der Waals surface area contributed by atoms with Crippen LogP contribution in [0.15, 0.2) is 6.20 Å². The van der Waals surface area contributed by atoms with E-state index in [9.17, 15) is 0 Å². The highest BCUT2D eigenvalue weighted by Gasteiger charge is 2.16. The van der Waals surface area contributed by atoms with Crippen LogP contribution in [0.1, 0.15) is 26.0 Å². The van der Waals surface area contributed by atoms with Crippen molar-refractivity contribution in [2.45, 2.75) is 33.4 Å². The fraction of sp³-hybridized carbons (Fsp3) is 0.833. The second-order valence-corrected chi connectivity index (χ2v) is 5.19. The van der Waals surface area contributed by atoms with Gasteiger partial charge in [-0.3, -0.25) is 4.68 Å². The molecule has 1 aliphatic rings. The molecule has 96 valence electrons. The van der Waals surface area contributed by atoms with E-state index in [-0.39, 0.29) is 0 Å². The van der Waals surface area contributed by atoms with E-state index in [1.54, 1.807) is 0 Å². The number of nitrogens with one attached hydrogen (secondary N) is 1. The van der Waals surface area contributed by atoms with Gasteiger partial charge in [0.25, 0.3) is 0 Å². The summed E-state index contributed by atoms with van der Waals surface area (Å²) in [5.74, 6) is 1.27. The van der Waals surface area contributed by atoms with E-state index in [1.165, 1.54) is 0 Å². The van der Waals surface area contributed by atoms with Gasteiger partial charge < -0.3 is 10.1 Å². The standard InChI is InChI=1S/C12H22N4O/c1-10(2)5-13-6-12-8-16(15-14-12)7-11-3-4-17-9-11/h8,10-11,13H,3-7,9H2,1-2H3. The Bertz CT molecular complexity index is 331. The number of rotatable bonds is 6. The second-order valence-electron chi connectivity index (χ2n) is 5.19. The highest BCUT2D eigenvalue weighted by molar-refractivity contribution is 4.91. The number of ether oxygens (including phenoxy) is 1. The average molecular weight is 238 g/mol. The third kappa shape index (κ3) is 4.09. The van der Waals surface area contributed by atoms with Crippen molar-refractivity contribution in [1.82, 2.24) is 20.3 Å². The number of nitrogens with zero attached hydrogens (tertiary/aromatic N) is 3. The molecule has 1 unspecified atom stereocenters. The number of hydrogen-bond donors (Lipinski definition) is 1. The lowest BCUT2D eigenvalue weighted by Gasteiger charge is -2.06. The van der Waals surface area contributed by atoms with Gasteiger partial charge in [0.05, 0.1) is 12.3 Å². The summed E-state index contributed by atoms with van der Waals surface area (Å²) in [5, 5.41) is 11.7. The van der Waals surface area contributed by atoms with E-state index in [4.69, 9.17) is 4.74 Å². The van der Waals surface area contributed by atoms with Gasteiger partial charge in [0, 0.05) is 31.8 Å². The van der Waals surface area contributed by atoms with E-state index < -0.39 is 0 Å². The Hall–Kier alpha value is -0.940. The molecule has 5 nitrogen and oxygen atoms in total. The fourth-order valence-corrected chi connectivity index (χ4v) is 1.99. The molecule has 1 aliphatic heterocycles. The van der Waals surface area contributed by atoms with Gasteiger partial charge in [-0.25, -0.2) is 0 Å². The van der Waals surface area contributed by atoms with Crippen molar-refractivity contribution >= 4 is 0 Å². The maximum atomic E-state index is 5.35. The zero-order valence-corrected chi connectivity index (χ0v) is 10.7. The van der Waals surface area contributed by atoms with Crippen LogP contribution in [-0.4, -0.2) is 34.8 Å². The van der Waals surface area contributed by atoms with Gasteiger partial charge in [-0.15, -0.1) is 5.10 Å². The Morgan fingerprint density at radius 2 is 2.47 bits per heavy atom. The highest BCUT2D eigenvalue weighted by atomic mass is 16.5. The molecule has 0 amide bonds. The SMILES string of the molecule is CC(C)CNCc1cn(CC2CCOC2)nn1. The topological polar surface area (TPSA) is 52.0 Å². The zero-order valence-electron chi connectivity index (χ0n) is 10.7. The van der Waals surface area contributed by atoms with Crippen LogP contribution in [0.4, 0.5) is 0 Å². The monoisotopic (exact) mass is 238 g/mol. The van der Waals surface area contributed by atoms with Crippen molar-refractivity contribution in [2.24, 2.45) is 11.8 Å². The minimum absolute atomic E-state index is 0.605. The molecule has 1 aromatic heterocycles. The molecule has 17 heavy (non-hydrogen) atoms. The Kier molecular flexibility index (Phi) is 4.50. The Balaban J connectivity index is 1.75. The molecule has 1 fully saturated rings. The van der Waals surface area contributed by atoms with Crippen molar-refractivity contribution < 1.29 is 4.74 Å². The van der Waals surface area contributed by atoms with Gasteiger partial charge in [0.1, 0.15) is 0 Å². The summed E-state index contributed by atoms with van der Waals surface area (Å²) < 4.78 is 7.29. The van der Waals surface area contributed by atoms with Crippen LogP contribution in [-0.2, 0) is 17.8 Å². The minimum Gasteiger partial charge on any atom is -0.381 e. The summed E-state index contributed by atoms with van der Waals surface area (Å²) in [6, 6.07) is 0. The van der Waals surface area contributed by atoms with Gasteiger partial charge in [-0.05, 0) is 18.9 Å². The summed E-state index contributed by atoms with van der Waals surface area (Å²) in [6.45, 7) is 8.90. The molecule has 0 radical (unpaired) electrons. The highest BCUT2D eigenvalue weighted by Crippen LogP contribution is 2.14. The van der Waals surface area contributed by atoms with Crippen molar-refractivity contribution in [3.05, 3.63) is 11.9 Å². The van der Waals surface area contributed by atoms with Crippen LogP contribution in [0, 0.1) is 11.8 Å². The first kappa shape index (κ1) is 12.5. The Morgan fingerprint density at radius 1 is 1.59 bits per heavy atom. The number of aromatic nitrogens is 3. The van der Waals surface area contributed by atoms with Crippen molar-refractivity contribution in [1.29, 1.82) is 0 Å². The maximum absolute atomic E-state index is 5.35. The fourth-order valence-electron chi connectivity index (χ4n) is 1.99. The lowest BCUT2D eigenvalue weighted by atomic mass is 10.1. The lowest BCUT2D eigenvalue weighted by Crippen LogP contribution is -2.19. The van der Waals surface area contributed by atoms with E-state index in [0.717, 1.165) is 45.0 Å². The molecular formula is C12H22N4O. The van der Waals surface area contributed by atoms with Gasteiger partial charge in [-0.2, -0.15) is 0 Å². The molecule has 5 heteroatoms. The van der Waals surface area contributed by atoms with Crippen LogP contribution in [0.25, 0.3) is 0 Å². The predicted octanol–water partition coefficient (Wildman–Crippen LogP) is 1.06. The molecular weight excluding hydrogens is 216 g/mol. The van der Waals surface area contributed by atoms with E-state index in [1.807, 2.05) is 10.9 Å². The Labute approximate surface area is 103 Å². The quantitative estimate of drug-likeness (QED) is 0.805. The van der Waals surface area contributed by atoms with Crippen LogP contribution in [0.5, 0.6) is 0 Å². The second kappa shape index (κ2) is 6.12. The molecule has 1 N–H and O–H groups in total. The molecule has 2 rings (SSSR count). The maximum Gasteiger partial charge on any atom is 0.0964 e. The summed E-state index contributed by atoms with van der Waals surface area (Å²) in [6.07, 6.45) is 3.17. The third-order valence-electron chi connectivity index (χ3n) is 2.91. The van der Waals surface area contributed by atoms with Crippen LogP contribution < -0.4 is 5.32 Å². The molecule has 2 heterocycles. The smallest absolute Gasteiger partial charge is 0.0964 e. The number of hydrogen-bond acceptors (Lipinski definition) is 4. The normalized spacial score (nSPS) is 20.3. The summed E-state index contributed by atoms with van der Waals surface area (Å²) in [7, 11) is 0. The Morgan fingerprint density at radius 3 is 3.18 bits per heavy atom. The van der Waals surface area contributed by atoms with Crippen molar-refractivity contribution in [2.75, 3.05) is 19.8 Å². The van der Waals surface area contributed by atoms with Crippen molar-refractivity contribution in [3.8, 4) is 0 Å². The predicted molar refractivity (Wildman–Crippen MR) is 65.5 cm³/mol. The molecule has 0 aliphatic carbocycles. The zero-order chi connectivity index (χ0) is 12.1. The van der Waals surface area contributed by atoms with Gasteiger partial charge in [0.15, 0.2) is 0 Å². The summed E-state index contributed by atoms with van der Waals surface area (Å²) >= 11 is 0. The summed E-state index contributed by atoms with van der Waals surface area (Å²) in [4.78, 5) is 0. The first-order valence-electron chi connectivity index (χ1n) is 6.41.